The van der Waals surface area contributed by atoms with E-state index in [-0.39, 0.29) is 5.56 Å². The second-order valence-corrected chi connectivity index (χ2v) is 5.14. The van der Waals surface area contributed by atoms with Crippen molar-refractivity contribution in [2.45, 2.75) is 6.92 Å². The highest BCUT2D eigenvalue weighted by molar-refractivity contribution is 9.10. The van der Waals surface area contributed by atoms with E-state index in [2.05, 4.69) is 25.9 Å². The monoisotopic (exact) mass is 314 g/mol. The number of nitrogens with one attached hydrogen (secondary N) is 1. The molecule has 0 saturated heterocycles. The van der Waals surface area contributed by atoms with Crippen molar-refractivity contribution in [3.05, 3.63) is 63.1 Å². The molecule has 0 spiro atoms. The average Bonchev–Trinajstić information content (AvgIpc) is 2.45. The van der Waals surface area contributed by atoms with Gasteiger partial charge in [0.15, 0.2) is 0 Å². The number of fused-ring (bicyclic) bond motifs is 1. The SMILES string of the molecule is Cc1c(-c2ccnc3ccccc23)c[nH]c(=O)c1Br. The number of H-pyrrole nitrogens is 1. The third-order valence-corrected chi connectivity index (χ3v) is 4.17. The van der Waals surface area contributed by atoms with E-state index in [0.717, 1.165) is 27.6 Å². The number of para-hydroxylation sites is 1. The number of aromatic nitrogens is 2. The number of nitrogens with zero attached hydrogens (tertiary/aromatic N) is 1. The van der Waals surface area contributed by atoms with Crippen LogP contribution in [0.15, 0.2) is 52.0 Å². The fourth-order valence-corrected chi connectivity index (χ4v) is 2.54. The van der Waals surface area contributed by atoms with Gasteiger partial charge in [-0.2, -0.15) is 0 Å². The second-order valence-electron chi connectivity index (χ2n) is 4.35. The minimum absolute atomic E-state index is 0.111. The van der Waals surface area contributed by atoms with E-state index in [1.54, 1.807) is 12.4 Å². The van der Waals surface area contributed by atoms with Gasteiger partial charge in [0.1, 0.15) is 0 Å². The van der Waals surface area contributed by atoms with E-state index in [1.807, 2.05) is 37.3 Å². The number of pyridine rings is 2. The highest BCUT2D eigenvalue weighted by atomic mass is 79.9. The summed E-state index contributed by atoms with van der Waals surface area (Å²) >= 11 is 3.33. The van der Waals surface area contributed by atoms with Crippen LogP contribution in [0.4, 0.5) is 0 Å². The molecule has 3 nitrogen and oxygen atoms in total. The van der Waals surface area contributed by atoms with E-state index >= 15 is 0 Å². The van der Waals surface area contributed by atoms with E-state index in [1.165, 1.54) is 0 Å². The predicted octanol–water partition coefficient (Wildman–Crippen LogP) is 3.66. The number of rotatable bonds is 1. The molecule has 4 heteroatoms. The Kier molecular flexibility index (Phi) is 2.95. The minimum atomic E-state index is -0.111. The number of hydrogen-bond donors (Lipinski definition) is 1. The molecule has 1 N–H and O–H groups in total. The lowest BCUT2D eigenvalue weighted by Crippen LogP contribution is -2.08. The summed E-state index contributed by atoms with van der Waals surface area (Å²) in [5.41, 5.74) is 3.84. The molecule has 3 aromatic rings. The molecule has 0 aliphatic rings. The molecule has 0 aliphatic heterocycles. The first-order valence-corrected chi connectivity index (χ1v) is 6.69. The summed E-state index contributed by atoms with van der Waals surface area (Å²) in [6, 6.07) is 9.94. The summed E-state index contributed by atoms with van der Waals surface area (Å²) in [6.45, 7) is 1.93. The first-order valence-electron chi connectivity index (χ1n) is 5.90. The molecule has 94 valence electrons. The van der Waals surface area contributed by atoms with Crippen LogP contribution in [0.5, 0.6) is 0 Å². The van der Waals surface area contributed by atoms with Crippen molar-refractivity contribution in [2.75, 3.05) is 0 Å². The molecule has 2 heterocycles. The molecule has 0 atom stereocenters. The number of benzene rings is 1. The van der Waals surface area contributed by atoms with Crippen molar-refractivity contribution in [1.29, 1.82) is 0 Å². The first kappa shape index (κ1) is 12.1. The summed E-state index contributed by atoms with van der Waals surface area (Å²) in [6.07, 6.45) is 3.54. The van der Waals surface area contributed by atoms with Crippen LogP contribution in [0.25, 0.3) is 22.0 Å². The number of halogens is 1. The molecule has 0 fully saturated rings. The van der Waals surface area contributed by atoms with Crippen LogP contribution in [0.2, 0.25) is 0 Å². The summed E-state index contributed by atoms with van der Waals surface area (Å²) in [5.74, 6) is 0. The molecule has 3 rings (SSSR count). The van der Waals surface area contributed by atoms with E-state index < -0.39 is 0 Å². The van der Waals surface area contributed by atoms with Gasteiger partial charge >= 0.3 is 0 Å². The highest BCUT2D eigenvalue weighted by Crippen LogP contribution is 2.30. The van der Waals surface area contributed by atoms with Gasteiger partial charge < -0.3 is 4.98 Å². The van der Waals surface area contributed by atoms with E-state index in [0.29, 0.717) is 4.47 Å². The Labute approximate surface area is 118 Å². The normalized spacial score (nSPS) is 10.8. The van der Waals surface area contributed by atoms with Crippen LogP contribution in [0, 0.1) is 6.92 Å². The lowest BCUT2D eigenvalue weighted by molar-refractivity contribution is 1.18. The van der Waals surface area contributed by atoms with Crippen molar-refractivity contribution < 1.29 is 0 Å². The van der Waals surface area contributed by atoms with Crippen LogP contribution in [-0.2, 0) is 0 Å². The van der Waals surface area contributed by atoms with Crippen molar-refractivity contribution >= 4 is 26.8 Å². The fraction of sp³-hybridized carbons (Fsp3) is 0.0667. The molecule has 0 saturated carbocycles. The zero-order valence-electron chi connectivity index (χ0n) is 10.3. The van der Waals surface area contributed by atoms with Crippen LogP contribution in [0.1, 0.15) is 5.56 Å². The molecule has 1 aromatic carbocycles. The Morgan fingerprint density at radius 2 is 1.95 bits per heavy atom. The molecular formula is C15H11BrN2O. The Bertz CT molecular complexity index is 818. The van der Waals surface area contributed by atoms with Crippen molar-refractivity contribution in [3.63, 3.8) is 0 Å². The zero-order valence-corrected chi connectivity index (χ0v) is 11.9. The largest absolute Gasteiger partial charge is 0.328 e. The second kappa shape index (κ2) is 4.63. The maximum Gasteiger partial charge on any atom is 0.262 e. The van der Waals surface area contributed by atoms with Crippen LogP contribution >= 0.6 is 15.9 Å². The maximum atomic E-state index is 11.6. The standard InChI is InChI=1S/C15H11BrN2O/c1-9-12(8-18-15(19)14(9)16)10-6-7-17-13-5-3-2-4-11(10)13/h2-8H,1H3,(H,18,19). The molecule has 0 bridgehead atoms. The van der Waals surface area contributed by atoms with Gasteiger partial charge in [0, 0.05) is 23.3 Å². The summed E-state index contributed by atoms with van der Waals surface area (Å²) < 4.78 is 0.575. The van der Waals surface area contributed by atoms with E-state index in [9.17, 15) is 4.79 Å². The van der Waals surface area contributed by atoms with Gasteiger partial charge in [-0.25, -0.2) is 0 Å². The molecule has 0 aliphatic carbocycles. The highest BCUT2D eigenvalue weighted by Gasteiger charge is 2.10. The summed E-state index contributed by atoms with van der Waals surface area (Å²) in [4.78, 5) is 18.7. The van der Waals surface area contributed by atoms with Crippen LogP contribution in [0.3, 0.4) is 0 Å². The van der Waals surface area contributed by atoms with Crippen molar-refractivity contribution in [1.82, 2.24) is 9.97 Å². The average molecular weight is 315 g/mol. The molecule has 19 heavy (non-hydrogen) atoms. The zero-order chi connectivity index (χ0) is 13.4. The van der Waals surface area contributed by atoms with Gasteiger partial charge in [-0.05, 0) is 46.1 Å². The summed E-state index contributed by atoms with van der Waals surface area (Å²) in [5, 5.41) is 1.08. The van der Waals surface area contributed by atoms with Gasteiger partial charge in [-0.1, -0.05) is 18.2 Å². The third kappa shape index (κ3) is 1.98. The van der Waals surface area contributed by atoms with Gasteiger partial charge in [0.25, 0.3) is 5.56 Å². The quantitative estimate of drug-likeness (QED) is 0.745. The maximum absolute atomic E-state index is 11.6. The Morgan fingerprint density at radius 1 is 1.16 bits per heavy atom. The Hall–Kier alpha value is -1.94. The fourth-order valence-electron chi connectivity index (χ4n) is 2.21. The third-order valence-electron chi connectivity index (χ3n) is 3.22. The molecule has 2 aromatic heterocycles. The number of aromatic amines is 1. The smallest absolute Gasteiger partial charge is 0.262 e. The van der Waals surface area contributed by atoms with Crippen LogP contribution in [-0.4, -0.2) is 9.97 Å². The van der Waals surface area contributed by atoms with Crippen LogP contribution < -0.4 is 5.56 Å². The Balaban J connectivity index is 2.37. The lowest BCUT2D eigenvalue weighted by atomic mass is 9.99. The van der Waals surface area contributed by atoms with Gasteiger partial charge in [0.2, 0.25) is 0 Å². The van der Waals surface area contributed by atoms with Crippen molar-refractivity contribution in [3.8, 4) is 11.1 Å². The molecular weight excluding hydrogens is 304 g/mol. The Morgan fingerprint density at radius 3 is 2.79 bits per heavy atom. The van der Waals surface area contributed by atoms with Gasteiger partial charge in [-0.3, -0.25) is 9.78 Å². The van der Waals surface area contributed by atoms with Gasteiger partial charge in [-0.15, -0.1) is 0 Å². The van der Waals surface area contributed by atoms with Crippen molar-refractivity contribution in [2.24, 2.45) is 0 Å². The molecule has 0 amide bonds. The number of hydrogen-bond acceptors (Lipinski definition) is 2. The lowest BCUT2D eigenvalue weighted by Gasteiger charge is -2.09. The minimum Gasteiger partial charge on any atom is -0.328 e. The first-order chi connectivity index (χ1) is 9.18. The summed E-state index contributed by atoms with van der Waals surface area (Å²) in [7, 11) is 0. The predicted molar refractivity (Wildman–Crippen MR) is 80.2 cm³/mol. The molecule has 0 unspecified atom stereocenters. The topological polar surface area (TPSA) is 45.8 Å². The van der Waals surface area contributed by atoms with Gasteiger partial charge in [0.05, 0.1) is 9.99 Å². The van der Waals surface area contributed by atoms with E-state index in [4.69, 9.17) is 0 Å². The molecule has 0 radical (unpaired) electrons.